The first-order valence-corrected chi connectivity index (χ1v) is 9.39. The molecule has 4 rings (SSSR count). The van der Waals surface area contributed by atoms with Gasteiger partial charge in [-0.2, -0.15) is 0 Å². The molecule has 8 nitrogen and oxygen atoms in total. The first kappa shape index (κ1) is 19.8. The van der Waals surface area contributed by atoms with E-state index in [2.05, 4.69) is 5.32 Å². The van der Waals surface area contributed by atoms with Crippen LogP contribution < -0.4 is 10.2 Å². The summed E-state index contributed by atoms with van der Waals surface area (Å²) in [5.41, 5.74) is -0.915. The van der Waals surface area contributed by atoms with Gasteiger partial charge in [-0.3, -0.25) is 19.7 Å². The number of esters is 2. The number of anilines is 1. The molecule has 1 N–H and O–H groups in total. The van der Waals surface area contributed by atoms with Crippen LogP contribution >= 0.6 is 0 Å². The second-order valence-electron chi connectivity index (χ2n) is 7.16. The Balaban J connectivity index is 1.93. The summed E-state index contributed by atoms with van der Waals surface area (Å²) in [6.07, 6.45) is 0. The molecule has 2 aromatic rings. The minimum absolute atomic E-state index is 0.373. The van der Waals surface area contributed by atoms with Gasteiger partial charge in [0.05, 0.1) is 31.7 Å². The number of methoxy groups -OCH3 is 2. The monoisotopic (exact) mass is 408 g/mol. The van der Waals surface area contributed by atoms with E-state index >= 15 is 0 Å². The molecule has 0 radical (unpaired) electrons. The van der Waals surface area contributed by atoms with Crippen molar-refractivity contribution in [3.8, 4) is 0 Å². The van der Waals surface area contributed by atoms with Crippen LogP contribution in [0.2, 0.25) is 0 Å². The van der Waals surface area contributed by atoms with Crippen molar-refractivity contribution in [1.29, 1.82) is 0 Å². The average molecular weight is 408 g/mol. The molecule has 2 heterocycles. The number of fused-ring (bicyclic) bond motifs is 1. The zero-order valence-electron chi connectivity index (χ0n) is 16.4. The molecule has 2 amide bonds. The molecule has 2 aromatic carbocycles. The van der Waals surface area contributed by atoms with Crippen molar-refractivity contribution in [2.24, 2.45) is 11.8 Å². The van der Waals surface area contributed by atoms with E-state index in [1.54, 1.807) is 60.7 Å². The predicted octanol–water partition coefficient (Wildman–Crippen LogP) is 1.01. The van der Waals surface area contributed by atoms with Crippen molar-refractivity contribution in [2.45, 2.75) is 11.6 Å². The number of nitrogens with zero attached hydrogens (tertiary/aromatic N) is 1. The molecule has 4 atom stereocenters. The van der Waals surface area contributed by atoms with Gasteiger partial charge < -0.3 is 9.47 Å². The molecule has 30 heavy (non-hydrogen) atoms. The lowest BCUT2D eigenvalue weighted by Gasteiger charge is -2.32. The third-order valence-electron chi connectivity index (χ3n) is 5.77. The Kier molecular flexibility index (Phi) is 4.87. The fourth-order valence-corrected chi connectivity index (χ4v) is 4.50. The number of imide groups is 1. The van der Waals surface area contributed by atoms with Gasteiger partial charge in [0.25, 0.3) is 0 Å². The van der Waals surface area contributed by atoms with E-state index in [1.165, 1.54) is 14.2 Å². The first-order chi connectivity index (χ1) is 14.5. The van der Waals surface area contributed by atoms with Crippen LogP contribution in [0.5, 0.6) is 0 Å². The lowest BCUT2D eigenvalue weighted by atomic mass is 9.76. The van der Waals surface area contributed by atoms with Gasteiger partial charge in [-0.15, -0.1) is 0 Å². The topological polar surface area (TPSA) is 102 Å². The third kappa shape index (κ3) is 2.64. The van der Waals surface area contributed by atoms with Crippen molar-refractivity contribution in [2.75, 3.05) is 19.1 Å². The Morgan fingerprint density at radius 3 is 2.07 bits per heavy atom. The van der Waals surface area contributed by atoms with E-state index in [0.29, 0.717) is 11.3 Å². The highest BCUT2D eigenvalue weighted by Gasteiger charge is 2.71. The molecular formula is C22H20N2O6. The van der Waals surface area contributed by atoms with Crippen molar-refractivity contribution in [1.82, 2.24) is 5.32 Å². The Morgan fingerprint density at radius 2 is 1.50 bits per heavy atom. The Hall–Kier alpha value is -3.52. The smallest absolute Gasteiger partial charge is 0.331 e. The van der Waals surface area contributed by atoms with Crippen LogP contribution in [0.4, 0.5) is 5.69 Å². The summed E-state index contributed by atoms with van der Waals surface area (Å²) in [7, 11) is 2.39. The summed E-state index contributed by atoms with van der Waals surface area (Å²) in [5, 5.41) is 2.94. The summed E-state index contributed by atoms with van der Waals surface area (Å²) in [5.74, 6) is -4.94. The van der Waals surface area contributed by atoms with Gasteiger partial charge in [0.1, 0.15) is 6.04 Å². The Labute approximate surface area is 172 Å². The maximum Gasteiger partial charge on any atom is 0.331 e. The highest BCUT2D eigenvalue weighted by molar-refractivity contribution is 6.25. The molecular weight excluding hydrogens is 388 g/mol. The molecule has 2 saturated heterocycles. The van der Waals surface area contributed by atoms with Crippen LogP contribution in [0.1, 0.15) is 5.56 Å². The van der Waals surface area contributed by atoms with Crippen LogP contribution in [-0.2, 0) is 34.2 Å². The molecule has 0 aliphatic carbocycles. The summed E-state index contributed by atoms with van der Waals surface area (Å²) in [4.78, 5) is 53.6. The molecule has 0 aromatic heterocycles. The first-order valence-electron chi connectivity index (χ1n) is 9.39. The zero-order chi connectivity index (χ0) is 21.5. The SMILES string of the molecule is COC(=O)[C@H]1N[C@](C(=O)OC)(c2ccccc2)[C@H]2C(=O)N(c3ccccc3)C(=O)[C@@H]12. The van der Waals surface area contributed by atoms with Gasteiger partial charge in [0.15, 0.2) is 5.54 Å². The van der Waals surface area contributed by atoms with Crippen LogP contribution in [0.25, 0.3) is 0 Å². The van der Waals surface area contributed by atoms with Crippen molar-refractivity contribution < 1.29 is 28.7 Å². The number of hydrogen-bond acceptors (Lipinski definition) is 7. The summed E-state index contributed by atoms with van der Waals surface area (Å²) < 4.78 is 9.92. The number of rotatable bonds is 4. The number of hydrogen-bond donors (Lipinski definition) is 1. The maximum atomic E-state index is 13.6. The lowest BCUT2D eigenvalue weighted by molar-refractivity contribution is -0.153. The fraction of sp³-hybridized carbons (Fsp3) is 0.273. The quantitative estimate of drug-likeness (QED) is 0.595. The second kappa shape index (κ2) is 7.38. The highest BCUT2D eigenvalue weighted by Crippen LogP contribution is 2.49. The highest BCUT2D eigenvalue weighted by atomic mass is 16.5. The number of carbonyl (C=O) groups excluding carboxylic acids is 4. The second-order valence-corrected chi connectivity index (χ2v) is 7.16. The summed E-state index contributed by atoms with van der Waals surface area (Å²) in [6, 6.07) is 15.7. The zero-order valence-corrected chi connectivity index (χ0v) is 16.4. The lowest BCUT2D eigenvalue weighted by Crippen LogP contribution is -2.56. The van der Waals surface area contributed by atoms with Gasteiger partial charge in [-0.1, -0.05) is 48.5 Å². The van der Waals surface area contributed by atoms with Crippen LogP contribution in [0, 0.1) is 11.8 Å². The third-order valence-corrected chi connectivity index (χ3v) is 5.77. The van der Waals surface area contributed by atoms with Gasteiger partial charge >= 0.3 is 11.9 Å². The molecule has 8 heteroatoms. The van der Waals surface area contributed by atoms with Crippen LogP contribution in [0.3, 0.4) is 0 Å². The number of amides is 2. The number of ether oxygens (including phenoxy) is 2. The van der Waals surface area contributed by atoms with Crippen LogP contribution in [-0.4, -0.2) is 44.0 Å². The van der Waals surface area contributed by atoms with E-state index in [0.717, 1.165) is 4.90 Å². The van der Waals surface area contributed by atoms with Gasteiger partial charge in [0, 0.05) is 0 Å². The normalized spacial score (nSPS) is 27.7. The van der Waals surface area contributed by atoms with Crippen molar-refractivity contribution in [3.63, 3.8) is 0 Å². The van der Waals surface area contributed by atoms with E-state index in [4.69, 9.17) is 9.47 Å². The van der Waals surface area contributed by atoms with Crippen LogP contribution in [0.15, 0.2) is 60.7 Å². The summed E-state index contributed by atoms with van der Waals surface area (Å²) >= 11 is 0. The number of carbonyl (C=O) groups is 4. The van der Waals surface area contributed by atoms with Crippen molar-refractivity contribution >= 4 is 29.4 Å². The maximum absolute atomic E-state index is 13.6. The standard InChI is InChI=1S/C22H20N2O6/c1-29-20(27)17-15-16(19(26)24(18(15)25)14-11-7-4-8-12-14)22(23-17,21(28)30-2)13-9-5-3-6-10-13/h3-12,15-17,23H,1-2H3/t15-,16-,17+,22-/m1/s1. The van der Waals surface area contributed by atoms with E-state index in [-0.39, 0.29) is 0 Å². The van der Waals surface area contributed by atoms with Gasteiger partial charge in [-0.25, -0.2) is 9.69 Å². The molecule has 0 unspecified atom stereocenters. The number of para-hydroxylation sites is 1. The minimum atomic E-state index is -1.71. The van der Waals surface area contributed by atoms with Gasteiger partial charge in [-0.05, 0) is 17.7 Å². The molecule has 0 bridgehead atoms. The molecule has 2 aliphatic heterocycles. The Bertz CT molecular complexity index is 1010. The fourth-order valence-electron chi connectivity index (χ4n) is 4.50. The number of benzene rings is 2. The minimum Gasteiger partial charge on any atom is -0.468 e. The number of nitrogens with one attached hydrogen (secondary N) is 1. The predicted molar refractivity (Wildman–Crippen MR) is 105 cm³/mol. The average Bonchev–Trinajstić information content (AvgIpc) is 3.28. The van der Waals surface area contributed by atoms with Crippen molar-refractivity contribution in [3.05, 3.63) is 66.2 Å². The molecule has 154 valence electrons. The van der Waals surface area contributed by atoms with Gasteiger partial charge in [0.2, 0.25) is 11.8 Å². The van der Waals surface area contributed by atoms with E-state index < -0.39 is 47.2 Å². The summed E-state index contributed by atoms with van der Waals surface area (Å²) in [6.45, 7) is 0. The molecule has 2 aliphatic rings. The largest absolute Gasteiger partial charge is 0.468 e. The Morgan fingerprint density at radius 1 is 0.900 bits per heavy atom. The molecule has 2 fully saturated rings. The van der Waals surface area contributed by atoms with E-state index in [1.807, 2.05) is 0 Å². The molecule has 0 spiro atoms. The van der Waals surface area contributed by atoms with E-state index in [9.17, 15) is 19.2 Å². The molecule has 0 saturated carbocycles.